The molecule has 3 aromatic rings. The highest BCUT2D eigenvalue weighted by Gasteiger charge is 2.38. The second-order valence-electron chi connectivity index (χ2n) is 9.28. The van der Waals surface area contributed by atoms with Gasteiger partial charge in [-0.3, -0.25) is 9.59 Å². The van der Waals surface area contributed by atoms with Crippen LogP contribution in [0.5, 0.6) is 0 Å². The number of aliphatic hydroxyl groups excluding tert-OH is 1. The van der Waals surface area contributed by atoms with Crippen molar-refractivity contribution in [2.75, 3.05) is 6.54 Å². The van der Waals surface area contributed by atoms with E-state index >= 15 is 0 Å². The van der Waals surface area contributed by atoms with Crippen molar-refractivity contribution in [3.05, 3.63) is 58.6 Å². The largest absolute Gasteiger partial charge is 0.391 e. The molecule has 1 aliphatic heterocycles. The highest BCUT2D eigenvalue weighted by atomic mass is 32.1. The fourth-order valence-corrected chi connectivity index (χ4v) is 5.08. The van der Waals surface area contributed by atoms with Gasteiger partial charge in [0.15, 0.2) is 0 Å². The number of carbonyl (C=O) groups excluding carboxylic acids is 2. The first kappa shape index (κ1) is 30.2. The number of likely N-dealkylation sites (tertiary alicyclic amines) is 1. The predicted molar refractivity (Wildman–Crippen MR) is 147 cm³/mol. The molecule has 3 heterocycles. The molecule has 1 aliphatic rings. The lowest BCUT2D eigenvalue weighted by Gasteiger charge is -2.27. The number of rotatable bonds is 7. The van der Waals surface area contributed by atoms with Crippen LogP contribution in [0.2, 0.25) is 0 Å². The van der Waals surface area contributed by atoms with Gasteiger partial charge in [0.05, 0.1) is 27.9 Å². The van der Waals surface area contributed by atoms with Crippen LogP contribution in [-0.4, -0.2) is 51.2 Å². The molecule has 0 radical (unpaired) electrons. The molecule has 0 spiro atoms. The third-order valence-electron chi connectivity index (χ3n) is 6.07. The van der Waals surface area contributed by atoms with E-state index in [1.807, 2.05) is 72.2 Å². The van der Waals surface area contributed by atoms with E-state index in [2.05, 4.69) is 27.6 Å². The van der Waals surface area contributed by atoms with E-state index in [0.717, 1.165) is 17.0 Å². The summed E-state index contributed by atoms with van der Waals surface area (Å²) in [6, 6.07) is 10.0. The minimum absolute atomic E-state index is 0.0233. The summed E-state index contributed by atoms with van der Waals surface area (Å²) in [5.41, 5.74) is 5.96. The lowest BCUT2D eigenvalue weighted by atomic mass is 9.91. The zero-order valence-corrected chi connectivity index (χ0v) is 23.7. The predicted octanol–water partition coefficient (Wildman–Crippen LogP) is 5.10. The van der Waals surface area contributed by atoms with Gasteiger partial charge in [-0.25, -0.2) is 4.98 Å². The molecule has 8 nitrogen and oxygen atoms in total. The molecule has 4 rings (SSSR count). The fourth-order valence-electron chi connectivity index (χ4n) is 4.27. The second kappa shape index (κ2) is 14.6. The van der Waals surface area contributed by atoms with Crippen LogP contribution in [0.4, 0.5) is 0 Å². The molecular formula is C28H40N4O4S. The molecule has 9 heteroatoms. The third kappa shape index (κ3) is 8.23. The van der Waals surface area contributed by atoms with Crippen LogP contribution in [0.3, 0.4) is 0 Å². The number of nitrogens with one attached hydrogen (secondary N) is 1. The van der Waals surface area contributed by atoms with E-state index in [1.54, 1.807) is 16.2 Å². The summed E-state index contributed by atoms with van der Waals surface area (Å²) in [6.07, 6.45) is 0.941. The van der Waals surface area contributed by atoms with Gasteiger partial charge in [-0.2, -0.15) is 0 Å². The lowest BCUT2D eigenvalue weighted by Crippen LogP contribution is -2.39. The van der Waals surface area contributed by atoms with Gasteiger partial charge in [-0.05, 0) is 44.2 Å². The summed E-state index contributed by atoms with van der Waals surface area (Å²) in [6.45, 7) is 14.8. The maximum absolute atomic E-state index is 12.7. The summed E-state index contributed by atoms with van der Waals surface area (Å²) in [5.74, 6) is 0.444. The van der Waals surface area contributed by atoms with Crippen molar-refractivity contribution in [2.45, 2.75) is 79.5 Å². The number of aromatic nitrogens is 2. The molecule has 0 saturated carbocycles. The maximum atomic E-state index is 12.7. The van der Waals surface area contributed by atoms with Gasteiger partial charge in [-0.1, -0.05) is 57.1 Å². The topological polar surface area (TPSA) is 109 Å². The van der Waals surface area contributed by atoms with Crippen LogP contribution in [0.1, 0.15) is 69.7 Å². The summed E-state index contributed by atoms with van der Waals surface area (Å²) in [7, 11) is 0. The number of hydrogen-bond acceptors (Lipinski definition) is 7. The molecule has 3 unspecified atom stereocenters. The Morgan fingerprint density at radius 2 is 1.95 bits per heavy atom. The number of β-amino-alcohol motifs (C(OH)–C–C–N with tert-alkyl or cyclic N) is 1. The number of hydrogen-bond donors (Lipinski definition) is 2. The Balaban J connectivity index is 0.000000247. The first-order valence-electron chi connectivity index (χ1n) is 12.8. The summed E-state index contributed by atoms with van der Waals surface area (Å²) < 4.78 is 5.27. The summed E-state index contributed by atoms with van der Waals surface area (Å²) >= 11 is 1.64. The normalized spacial score (nSPS) is 17.4. The summed E-state index contributed by atoms with van der Waals surface area (Å²) in [4.78, 5) is 30.0. The van der Waals surface area contributed by atoms with Crippen molar-refractivity contribution in [3.63, 3.8) is 0 Å². The van der Waals surface area contributed by atoms with Crippen LogP contribution in [-0.2, 0) is 16.1 Å². The SMILES string of the molecule is CC.Cc1cc(C(C(=O)N2CC(O)CC2C)C(C)C)on1.Cc1ncsc1-c1ccc(CNC=O)cc1. The highest BCUT2D eigenvalue weighted by molar-refractivity contribution is 7.13. The number of thiazole rings is 1. The standard InChI is InChI=1S/C14H22N2O3.C12H12N2OS.C2H6/c1-8(2)13(12-5-9(3)15-19-12)14(18)16-7-11(17)6-10(16)4;1-9-12(16-8-14-9)11-4-2-10(3-5-11)6-13-7-15;1-2/h5,8,10-11,13,17H,6-7H2,1-4H3;2-5,7-8H,6H2,1H3,(H,13,15);1-2H3. The number of aryl methyl sites for hydroxylation is 2. The molecule has 1 saturated heterocycles. The number of amides is 2. The molecule has 1 aromatic carbocycles. The van der Waals surface area contributed by atoms with Gasteiger partial charge in [0.1, 0.15) is 11.7 Å². The average Bonchev–Trinajstić information content (AvgIpc) is 3.59. The smallest absolute Gasteiger partial charge is 0.234 e. The van der Waals surface area contributed by atoms with E-state index < -0.39 is 6.10 Å². The van der Waals surface area contributed by atoms with Gasteiger partial charge in [0.2, 0.25) is 12.3 Å². The quantitative estimate of drug-likeness (QED) is 0.413. The molecule has 1 fully saturated rings. The van der Waals surface area contributed by atoms with Gasteiger partial charge in [-0.15, -0.1) is 11.3 Å². The van der Waals surface area contributed by atoms with Crippen molar-refractivity contribution >= 4 is 23.7 Å². The minimum atomic E-state index is -0.414. The zero-order chi connectivity index (χ0) is 27.5. The Morgan fingerprint density at radius 3 is 2.41 bits per heavy atom. The molecule has 0 aliphatic carbocycles. The molecular weight excluding hydrogens is 488 g/mol. The molecule has 202 valence electrons. The van der Waals surface area contributed by atoms with E-state index in [-0.39, 0.29) is 23.8 Å². The lowest BCUT2D eigenvalue weighted by molar-refractivity contribution is -0.135. The van der Waals surface area contributed by atoms with Crippen molar-refractivity contribution in [1.29, 1.82) is 0 Å². The molecule has 3 atom stereocenters. The maximum Gasteiger partial charge on any atom is 0.234 e. The second-order valence-corrected chi connectivity index (χ2v) is 10.1. The van der Waals surface area contributed by atoms with Gasteiger partial charge in [0.25, 0.3) is 0 Å². The number of carbonyl (C=O) groups is 2. The Morgan fingerprint density at radius 1 is 1.27 bits per heavy atom. The molecule has 2 aromatic heterocycles. The van der Waals surface area contributed by atoms with E-state index in [9.17, 15) is 14.7 Å². The van der Waals surface area contributed by atoms with Crippen molar-refractivity contribution in [2.24, 2.45) is 5.92 Å². The fraction of sp³-hybridized carbons (Fsp3) is 0.500. The van der Waals surface area contributed by atoms with Crippen molar-refractivity contribution < 1.29 is 19.2 Å². The van der Waals surface area contributed by atoms with Crippen LogP contribution in [0.15, 0.2) is 40.4 Å². The van der Waals surface area contributed by atoms with Crippen LogP contribution >= 0.6 is 11.3 Å². The monoisotopic (exact) mass is 528 g/mol. The Hall–Kier alpha value is -3.04. The Kier molecular flexibility index (Phi) is 11.9. The molecule has 2 N–H and O–H groups in total. The number of aliphatic hydroxyl groups is 1. The van der Waals surface area contributed by atoms with Gasteiger partial charge < -0.3 is 19.8 Å². The van der Waals surface area contributed by atoms with E-state index in [4.69, 9.17) is 4.52 Å². The van der Waals surface area contributed by atoms with Crippen LogP contribution in [0, 0.1) is 19.8 Å². The van der Waals surface area contributed by atoms with Crippen LogP contribution < -0.4 is 5.32 Å². The van der Waals surface area contributed by atoms with E-state index in [0.29, 0.717) is 31.7 Å². The third-order valence-corrected chi connectivity index (χ3v) is 7.05. The zero-order valence-electron chi connectivity index (χ0n) is 22.9. The van der Waals surface area contributed by atoms with Crippen molar-refractivity contribution in [1.82, 2.24) is 20.4 Å². The molecule has 2 amide bonds. The summed E-state index contributed by atoms with van der Waals surface area (Å²) in [5, 5.41) is 16.2. The number of nitrogens with zero attached hydrogens (tertiary/aromatic N) is 3. The highest BCUT2D eigenvalue weighted by Crippen LogP contribution is 2.31. The molecule has 37 heavy (non-hydrogen) atoms. The van der Waals surface area contributed by atoms with E-state index in [1.165, 1.54) is 10.4 Å². The van der Waals surface area contributed by atoms with Gasteiger partial charge in [0, 0.05) is 25.2 Å². The molecule has 0 bridgehead atoms. The average molecular weight is 529 g/mol. The Labute approximate surface area is 224 Å². The van der Waals surface area contributed by atoms with Crippen LogP contribution in [0.25, 0.3) is 10.4 Å². The minimum Gasteiger partial charge on any atom is -0.391 e. The van der Waals surface area contributed by atoms with Gasteiger partial charge >= 0.3 is 0 Å². The first-order valence-corrected chi connectivity index (χ1v) is 13.7. The first-order chi connectivity index (χ1) is 17.7. The van der Waals surface area contributed by atoms with Crippen molar-refractivity contribution in [3.8, 4) is 10.4 Å². The number of benzene rings is 1. The Bertz CT molecular complexity index is 1110.